The molecule has 0 saturated carbocycles. The molecule has 0 spiro atoms. The maximum atomic E-state index is 13.5. The maximum absolute atomic E-state index is 13.5. The summed E-state index contributed by atoms with van der Waals surface area (Å²) in [6.07, 6.45) is 1.04. The van der Waals surface area contributed by atoms with Crippen molar-refractivity contribution in [2.24, 2.45) is 0 Å². The normalized spacial score (nSPS) is 22.5. The Morgan fingerprint density at radius 2 is 2.19 bits per heavy atom. The van der Waals surface area contributed by atoms with E-state index in [1.807, 2.05) is 16.1 Å². The molecule has 16 heavy (non-hydrogen) atoms. The molecule has 6 heteroatoms. The van der Waals surface area contributed by atoms with Gasteiger partial charge in [0, 0.05) is 31.7 Å². The number of rotatable bonds is 1. The molecule has 2 rings (SSSR count). The van der Waals surface area contributed by atoms with Crippen molar-refractivity contribution in [3.05, 3.63) is 23.9 Å². The summed E-state index contributed by atoms with van der Waals surface area (Å²) in [5.41, 5.74) is 0. The molecule has 0 aliphatic carbocycles. The van der Waals surface area contributed by atoms with Crippen LogP contribution in [0.15, 0.2) is 12.3 Å². The number of hydrogen-bond acceptors (Lipinski definition) is 4. The molecular weight excluding hydrogens is 232 g/mol. The molecule has 0 aromatic carbocycles. The fraction of sp³-hybridized carbons (Fsp3) is 0.500. The van der Waals surface area contributed by atoms with Crippen LogP contribution in [0.3, 0.4) is 0 Å². The van der Waals surface area contributed by atoms with Gasteiger partial charge in [-0.25, -0.2) is 18.1 Å². The van der Waals surface area contributed by atoms with Crippen LogP contribution in [-0.2, 0) is 0 Å². The number of halogens is 2. The first-order chi connectivity index (χ1) is 7.58. The van der Waals surface area contributed by atoms with Crippen molar-refractivity contribution in [1.29, 1.82) is 0 Å². The molecule has 1 atom stereocenters. The Hall–Kier alpha value is -0.880. The Labute approximate surface area is 98.6 Å². The molecule has 1 saturated heterocycles. The largest absolute Gasteiger partial charge is 0.351 e. The van der Waals surface area contributed by atoms with Crippen molar-refractivity contribution in [3.8, 4) is 0 Å². The van der Waals surface area contributed by atoms with Crippen LogP contribution in [-0.4, -0.2) is 35.0 Å². The zero-order valence-electron chi connectivity index (χ0n) is 8.90. The molecule has 88 valence electrons. The van der Waals surface area contributed by atoms with E-state index >= 15 is 0 Å². The maximum Gasteiger partial charge on any atom is 0.168 e. The Kier molecular flexibility index (Phi) is 3.30. The molecule has 3 nitrogen and oxygen atoms in total. The fourth-order valence-corrected chi connectivity index (χ4v) is 1.94. The Bertz CT molecular complexity index is 388. The summed E-state index contributed by atoms with van der Waals surface area (Å²) < 4.78 is 28.1. The van der Waals surface area contributed by atoms with Crippen LogP contribution >= 0.6 is 12.8 Å². The lowest BCUT2D eigenvalue weighted by molar-refractivity contribution is 0.337. The van der Waals surface area contributed by atoms with Crippen LogP contribution in [0.5, 0.6) is 0 Å². The standard InChI is InChI=1S/C10H13F2N3S/c1-7-6-14(2-3-15(7)16)10-9(12)4-8(11)5-13-10/h4-5,7,16H,2-3,6H2,1H3/t7-/m1/s1. The molecular formula is C10H13F2N3S. The van der Waals surface area contributed by atoms with E-state index in [0.717, 1.165) is 18.8 Å². The number of thiol groups is 1. The highest BCUT2D eigenvalue weighted by atomic mass is 32.1. The third-order valence-corrected chi connectivity index (χ3v) is 3.27. The first-order valence-electron chi connectivity index (χ1n) is 5.09. The van der Waals surface area contributed by atoms with Crippen molar-refractivity contribution in [2.75, 3.05) is 24.5 Å². The van der Waals surface area contributed by atoms with Crippen LogP contribution < -0.4 is 4.90 Å². The van der Waals surface area contributed by atoms with Crippen molar-refractivity contribution in [1.82, 2.24) is 9.29 Å². The van der Waals surface area contributed by atoms with Crippen LogP contribution in [0.2, 0.25) is 0 Å². The van der Waals surface area contributed by atoms with E-state index in [0.29, 0.717) is 13.1 Å². The van der Waals surface area contributed by atoms with Gasteiger partial charge in [0.2, 0.25) is 0 Å². The van der Waals surface area contributed by atoms with Gasteiger partial charge in [-0.1, -0.05) is 12.8 Å². The molecule has 0 bridgehead atoms. The Morgan fingerprint density at radius 1 is 1.44 bits per heavy atom. The molecule has 1 aliphatic rings. The second-order valence-electron chi connectivity index (χ2n) is 3.92. The highest BCUT2D eigenvalue weighted by molar-refractivity contribution is 7.77. The lowest BCUT2D eigenvalue weighted by Crippen LogP contribution is -2.48. The predicted molar refractivity (Wildman–Crippen MR) is 61.5 cm³/mol. The van der Waals surface area contributed by atoms with E-state index in [-0.39, 0.29) is 11.9 Å². The monoisotopic (exact) mass is 245 g/mol. The zero-order chi connectivity index (χ0) is 11.7. The molecule has 0 N–H and O–H groups in total. The van der Waals surface area contributed by atoms with Crippen LogP contribution in [0.1, 0.15) is 6.92 Å². The smallest absolute Gasteiger partial charge is 0.168 e. The summed E-state index contributed by atoms with van der Waals surface area (Å²) >= 11 is 4.28. The number of hydrogen-bond donors (Lipinski definition) is 1. The van der Waals surface area contributed by atoms with Gasteiger partial charge in [-0.15, -0.1) is 0 Å². The first kappa shape index (κ1) is 11.6. The average Bonchev–Trinajstić information content (AvgIpc) is 2.22. The Balaban J connectivity index is 2.18. The van der Waals surface area contributed by atoms with Crippen LogP contribution in [0, 0.1) is 11.6 Å². The van der Waals surface area contributed by atoms with Gasteiger partial charge in [0.15, 0.2) is 11.6 Å². The third-order valence-electron chi connectivity index (χ3n) is 2.68. The summed E-state index contributed by atoms with van der Waals surface area (Å²) in [6.45, 7) is 4.01. The summed E-state index contributed by atoms with van der Waals surface area (Å²) in [5.74, 6) is -1.04. The quantitative estimate of drug-likeness (QED) is 0.760. The molecule has 0 amide bonds. The third kappa shape index (κ3) is 2.27. The fourth-order valence-electron chi connectivity index (χ4n) is 1.78. The lowest BCUT2D eigenvalue weighted by atomic mass is 10.2. The predicted octanol–water partition coefficient (Wildman–Crippen LogP) is 1.72. The van der Waals surface area contributed by atoms with Crippen molar-refractivity contribution in [2.45, 2.75) is 13.0 Å². The van der Waals surface area contributed by atoms with Crippen molar-refractivity contribution in [3.63, 3.8) is 0 Å². The van der Waals surface area contributed by atoms with E-state index in [4.69, 9.17) is 0 Å². The number of aromatic nitrogens is 1. The SMILES string of the molecule is C[C@@H]1CN(c2ncc(F)cc2F)CCN1S. The summed E-state index contributed by atoms with van der Waals surface area (Å²) in [5, 5.41) is 0. The van der Waals surface area contributed by atoms with Gasteiger partial charge < -0.3 is 4.90 Å². The van der Waals surface area contributed by atoms with E-state index in [2.05, 4.69) is 17.8 Å². The first-order valence-corrected chi connectivity index (χ1v) is 5.49. The molecule has 1 aromatic heterocycles. The van der Waals surface area contributed by atoms with Crippen LogP contribution in [0.4, 0.5) is 14.6 Å². The van der Waals surface area contributed by atoms with E-state index < -0.39 is 11.6 Å². The molecule has 1 fully saturated rings. The molecule has 0 radical (unpaired) electrons. The topological polar surface area (TPSA) is 19.4 Å². The minimum atomic E-state index is -0.651. The second kappa shape index (κ2) is 4.55. The zero-order valence-corrected chi connectivity index (χ0v) is 9.79. The van der Waals surface area contributed by atoms with Crippen LogP contribution in [0.25, 0.3) is 0 Å². The Morgan fingerprint density at radius 3 is 2.81 bits per heavy atom. The molecule has 1 aliphatic heterocycles. The molecule has 1 aromatic rings. The minimum absolute atomic E-state index is 0.211. The highest BCUT2D eigenvalue weighted by Gasteiger charge is 2.24. The van der Waals surface area contributed by atoms with Crippen molar-refractivity contribution >= 4 is 18.6 Å². The number of anilines is 1. The van der Waals surface area contributed by atoms with E-state index in [1.165, 1.54) is 0 Å². The molecule has 2 heterocycles. The number of nitrogens with zero attached hydrogens (tertiary/aromatic N) is 3. The highest BCUT2D eigenvalue weighted by Crippen LogP contribution is 2.21. The summed E-state index contributed by atoms with van der Waals surface area (Å²) in [4.78, 5) is 5.61. The van der Waals surface area contributed by atoms with E-state index in [9.17, 15) is 8.78 Å². The average molecular weight is 245 g/mol. The van der Waals surface area contributed by atoms with Gasteiger partial charge in [-0.05, 0) is 6.92 Å². The van der Waals surface area contributed by atoms with Gasteiger partial charge in [-0.2, -0.15) is 0 Å². The summed E-state index contributed by atoms with van der Waals surface area (Å²) in [6, 6.07) is 1.07. The lowest BCUT2D eigenvalue weighted by Gasteiger charge is -2.37. The van der Waals surface area contributed by atoms with Gasteiger partial charge in [0.25, 0.3) is 0 Å². The van der Waals surface area contributed by atoms with Gasteiger partial charge in [-0.3, -0.25) is 0 Å². The summed E-state index contributed by atoms with van der Waals surface area (Å²) in [7, 11) is 0. The second-order valence-corrected chi connectivity index (χ2v) is 4.43. The van der Waals surface area contributed by atoms with Gasteiger partial charge in [0.1, 0.15) is 5.82 Å². The number of pyridine rings is 1. The van der Waals surface area contributed by atoms with Gasteiger partial charge in [0.05, 0.1) is 6.20 Å². The van der Waals surface area contributed by atoms with Gasteiger partial charge >= 0.3 is 0 Å². The van der Waals surface area contributed by atoms with E-state index in [1.54, 1.807) is 0 Å². The minimum Gasteiger partial charge on any atom is -0.351 e. The number of piperazine rings is 1. The molecule has 0 unspecified atom stereocenters. The van der Waals surface area contributed by atoms with Crippen molar-refractivity contribution < 1.29 is 8.78 Å².